The summed E-state index contributed by atoms with van der Waals surface area (Å²) in [5.41, 5.74) is 1.22. The highest BCUT2D eigenvalue weighted by Gasteiger charge is 2.20. The molecule has 0 atom stereocenters. The van der Waals surface area contributed by atoms with Gasteiger partial charge in [-0.1, -0.05) is 25.3 Å². The van der Waals surface area contributed by atoms with Crippen LogP contribution in [0.2, 0.25) is 0 Å². The molecule has 0 bridgehead atoms. The molecule has 0 aliphatic heterocycles. The van der Waals surface area contributed by atoms with Crippen LogP contribution >= 0.6 is 11.6 Å². The van der Waals surface area contributed by atoms with Crippen molar-refractivity contribution in [3.05, 3.63) is 23.8 Å². The molecular weight excluding hydrogens is 274 g/mol. The summed E-state index contributed by atoms with van der Waals surface area (Å²) in [4.78, 5) is 2.36. The molecule has 0 heterocycles. The molecular formula is C16H24ClNO2. The van der Waals surface area contributed by atoms with Crippen molar-refractivity contribution in [2.75, 3.05) is 20.2 Å². The maximum atomic E-state index is 6.15. The van der Waals surface area contributed by atoms with Gasteiger partial charge in [0.15, 0.2) is 11.5 Å². The van der Waals surface area contributed by atoms with Gasteiger partial charge >= 0.3 is 0 Å². The molecule has 1 aliphatic carbocycles. The first-order chi connectivity index (χ1) is 9.78. The van der Waals surface area contributed by atoms with Gasteiger partial charge in [-0.2, -0.15) is 0 Å². The number of alkyl halides is 1. The largest absolute Gasteiger partial charge is 0.493 e. The Morgan fingerprint density at radius 1 is 1.10 bits per heavy atom. The Kier molecular flexibility index (Phi) is 5.99. The molecule has 3 nitrogen and oxygen atoms in total. The van der Waals surface area contributed by atoms with E-state index in [0.717, 1.165) is 18.0 Å². The van der Waals surface area contributed by atoms with Gasteiger partial charge in [-0.05, 0) is 30.5 Å². The second-order valence-electron chi connectivity index (χ2n) is 5.35. The Balaban J connectivity index is 2.06. The minimum Gasteiger partial charge on any atom is -0.493 e. The van der Waals surface area contributed by atoms with E-state index < -0.39 is 0 Å². The Bertz CT molecular complexity index is 419. The molecule has 4 heteroatoms. The van der Waals surface area contributed by atoms with E-state index in [1.165, 1.54) is 37.7 Å². The van der Waals surface area contributed by atoms with Gasteiger partial charge in [-0.25, -0.2) is 0 Å². The number of nitrogens with zero attached hydrogens (tertiary/aromatic N) is 1. The van der Waals surface area contributed by atoms with E-state index in [1.54, 1.807) is 14.2 Å². The van der Waals surface area contributed by atoms with Crippen molar-refractivity contribution in [3.8, 4) is 11.5 Å². The highest BCUT2D eigenvalue weighted by atomic mass is 35.5. The summed E-state index contributed by atoms with van der Waals surface area (Å²) in [6.07, 6.45) is 6.54. The first-order valence-corrected chi connectivity index (χ1v) is 7.83. The molecule has 0 N–H and O–H groups in total. The third kappa shape index (κ3) is 3.80. The van der Waals surface area contributed by atoms with Crippen molar-refractivity contribution >= 4 is 11.6 Å². The van der Waals surface area contributed by atoms with Gasteiger partial charge in [0, 0.05) is 12.6 Å². The summed E-state index contributed by atoms with van der Waals surface area (Å²) in [5.74, 6) is 1.55. The van der Waals surface area contributed by atoms with Crippen LogP contribution < -0.4 is 9.47 Å². The second-order valence-corrected chi connectivity index (χ2v) is 5.59. The van der Waals surface area contributed by atoms with Crippen molar-refractivity contribution in [1.82, 2.24) is 4.90 Å². The van der Waals surface area contributed by atoms with E-state index in [1.807, 2.05) is 12.1 Å². The zero-order chi connectivity index (χ0) is 14.4. The van der Waals surface area contributed by atoms with E-state index in [2.05, 4.69) is 11.0 Å². The van der Waals surface area contributed by atoms with Crippen LogP contribution in [0.4, 0.5) is 0 Å². The van der Waals surface area contributed by atoms with Crippen LogP contribution in [0.15, 0.2) is 18.2 Å². The number of halogens is 1. The standard InChI is InChI=1S/C16H24ClNO2/c1-19-15-9-8-13(10-16(15)20-2)11-18(12-17)14-6-4-3-5-7-14/h8-10,14H,3-7,11-12H2,1-2H3. The lowest BCUT2D eigenvalue weighted by Gasteiger charge is -2.32. The summed E-state index contributed by atoms with van der Waals surface area (Å²) in [6.45, 7) is 0.870. The average molecular weight is 298 g/mol. The molecule has 0 radical (unpaired) electrons. The number of hydrogen-bond acceptors (Lipinski definition) is 3. The van der Waals surface area contributed by atoms with Gasteiger partial charge in [-0.3, -0.25) is 4.90 Å². The number of methoxy groups -OCH3 is 2. The molecule has 1 saturated carbocycles. The second kappa shape index (κ2) is 7.75. The van der Waals surface area contributed by atoms with E-state index in [0.29, 0.717) is 12.0 Å². The maximum Gasteiger partial charge on any atom is 0.161 e. The lowest BCUT2D eigenvalue weighted by molar-refractivity contribution is 0.174. The predicted molar refractivity (Wildman–Crippen MR) is 82.7 cm³/mol. The fraction of sp³-hybridized carbons (Fsp3) is 0.625. The first kappa shape index (κ1) is 15.5. The highest BCUT2D eigenvalue weighted by Crippen LogP contribution is 2.29. The smallest absolute Gasteiger partial charge is 0.161 e. The molecule has 112 valence electrons. The zero-order valence-electron chi connectivity index (χ0n) is 12.4. The molecule has 1 fully saturated rings. The molecule has 1 aliphatic rings. The van der Waals surface area contributed by atoms with E-state index >= 15 is 0 Å². The van der Waals surface area contributed by atoms with Gasteiger partial charge in [0.25, 0.3) is 0 Å². The van der Waals surface area contributed by atoms with Crippen LogP contribution in [0.1, 0.15) is 37.7 Å². The summed E-state index contributed by atoms with van der Waals surface area (Å²) >= 11 is 6.15. The number of hydrogen-bond donors (Lipinski definition) is 0. The minimum absolute atomic E-state index is 0.582. The lowest BCUT2D eigenvalue weighted by atomic mass is 9.94. The molecule has 1 aromatic rings. The Labute approximate surface area is 126 Å². The number of benzene rings is 1. The summed E-state index contributed by atoms with van der Waals surface area (Å²) < 4.78 is 10.6. The van der Waals surface area contributed by atoms with Crippen LogP contribution in [-0.4, -0.2) is 31.2 Å². The van der Waals surface area contributed by atoms with Crippen LogP contribution in [0.3, 0.4) is 0 Å². The maximum absolute atomic E-state index is 6.15. The third-order valence-electron chi connectivity index (χ3n) is 4.08. The molecule has 0 unspecified atom stereocenters. The summed E-state index contributed by atoms with van der Waals surface area (Å²) in [7, 11) is 3.33. The van der Waals surface area contributed by atoms with E-state index in [4.69, 9.17) is 21.1 Å². The molecule has 0 amide bonds. The first-order valence-electron chi connectivity index (χ1n) is 7.29. The quantitative estimate of drug-likeness (QED) is 0.584. The Hall–Kier alpha value is -0.930. The monoisotopic (exact) mass is 297 g/mol. The molecule has 2 rings (SSSR count). The number of ether oxygens (including phenoxy) is 2. The Morgan fingerprint density at radius 2 is 1.80 bits per heavy atom. The normalized spacial score (nSPS) is 16.4. The van der Waals surface area contributed by atoms with Crippen molar-refractivity contribution in [2.24, 2.45) is 0 Å². The highest BCUT2D eigenvalue weighted by molar-refractivity contribution is 6.17. The van der Waals surface area contributed by atoms with Gasteiger partial charge in [0.2, 0.25) is 0 Å². The average Bonchev–Trinajstić information content (AvgIpc) is 2.53. The van der Waals surface area contributed by atoms with Crippen molar-refractivity contribution < 1.29 is 9.47 Å². The summed E-state index contributed by atoms with van der Waals surface area (Å²) in [5, 5.41) is 0. The third-order valence-corrected chi connectivity index (χ3v) is 4.39. The van der Waals surface area contributed by atoms with Gasteiger partial charge in [0.1, 0.15) is 0 Å². The topological polar surface area (TPSA) is 21.7 Å². The Morgan fingerprint density at radius 3 is 2.40 bits per heavy atom. The van der Waals surface area contributed by atoms with Crippen molar-refractivity contribution in [1.29, 1.82) is 0 Å². The molecule has 0 spiro atoms. The molecule has 20 heavy (non-hydrogen) atoms. The van der Waals surface area contributed by atoms with Crippen LogP contribution in [0.5, 0.6) is 11.5 Å². The van der Waals surface area contributed by atoms with Crippen molar-refractivity contribution in [2.45, 2.75) is 44.7 Å². The number of rotatable bonds is 6. The SMILES string of the molecule is COc1ccc(CN(CCl)C2CCCCC2)cc1OC. The minimum atomic E-state index is 0.582. The predicted octanol–water partition coefficient (Wildman–Crippen LogP) is 4.03. The van der Waals surface area contributed by atoms with E-state index in [-0.39, 0.29) is 0 Å². The molecule has 0 aromatic heterocycles. The fourth-order valence-electron chi connectivity index (χ4n) is 2.93. The van der Waals surface area contributed by atoms with Crippen LogP contribution in [-0.2, 0) is 6.54 Å². The van der Waals surface area contributed by atoms with Crippen LogP contribution in [0.25, 0.3) is 0 Å². The molecule has 0 saturated heterocycles. The lowest BCUT2D eigenvalue weighted by Crippen LogP contribution is -2.35. The fourth-order valence-corrected chi connectivity index (χ4v) is 3.21. The van der Waals surface area contributed by atoms with Crippen molar-refractivity contribution in [3.63, 3.8) is 0 Å². The van der Waals surface area contributed by atoms with Gasteiger partial charge < -0.3 is 9.47 Å². The van der Waals surface area contributed by atoms with E-state index in [9.17, 15) is 0 Å². The van der Waals surface area contributed by atoms with Gasteiger partial charge in [-0.15, -0.1) is 11.6 Å². The summed E-state index contributed by atoms with van der Waals surface area (Å²) in [6, 6.07) is 7.29. The zero-order valence-corrected chi connectivity index (χ0v) is 13.2. The van der Waals surface area contributed by atoms with Gasteiger partial charge in [0.05, 0.1) is 20.2 Å². The van der Waals surface area contributed by atoms with Crippen LogP contribution in [0, 0.1) is 0 Å². The molecule has 1 aromatic carbocycles.